The molecule has 1 rings (SSSR count). The van der Waals surface area contributed by atoms with Gasteiger partial charge in [-0.1, -0.05) is 6.92 Å². The quantitative estimate of drug-likeness (QED) is 0.779. The average molecular weight is 200 g/mol. The van der Waals surface area contributed by atoms with E-state index in [1.165, 1.54) is 9.75 Å². The van der Waals surface area contributed by atoms with Crippen LogP contribution in [-0.4, -0.2) is 22.9 Å². The fourth-order valence-electron chi connectivity index (χ4n) is 1.32. The highest BCUT2D eigenvalue weighted by Crippen LogP contribution is 2.27. The van der Waals surface area contributed by atoms with Gasteiger partial charge >= 0.3 is 0 Å². The zero-order valence-corrected chi connectivity index (χ0v) is 8.84. The number of aliphatic hydroxyl groups excluding tert-OH is 2. The Bertz CT molecular complexity index is 257. The molecule has 0 aliphatic carbocycles. The maximum absolute atomic E-state index is 9.25. The van der Waals surface area contributed by atoms with Gasteiger partial charge in [0.1, 0.15) is 0 Å². The number of aliphatic hydroxyl groups is 2. The van der Waals surface area contributed by atoms with Crippen LogP contribution in [-0.2, 0) is 0 Å². The van der Waals surface area contributed by atoms with Gasteiger partial charge in [-0.2, -0.15) is 0 Å². The second-order valence-electron chi connectivity index (χ2n) is 3.42. The first-order valence-electron chi connectivity index (χ1n) is 4.48. The summed E-state index contributed by atoms with van der Waals surface area (Å²) < 4.78 is 0. The van der Waals surface area contributed by atoms with Crippen molar-refractivity contribution in [1.82, 2.24) is 0 Å². The molecular formula is C10H16O2S. The number of rotatable bonds is 4. The van der Waals surface area contributed by atoms with Crippen LogP contribution in [0.4, 0.5) is 0 Å². The predicted octanol–water partition coefficient (Wildman–Crippen LogP) is 1.90. The first kappa shape index (κ1) is 10.7. The zero-order chi connectivity index (χ0) is 9.84. The minimum absolute atomic E-state index is 0.144. The smallest absolute Gasteiger partial charge is 0.0776 e. The second-order valence-corrected chi connectivity index (χ2v) is 4.74. The molecule has 2 unspecified atom stereocenters. The first-order valence-corrected chi connectivity index (χ1v) is 5.30. The highest BCUT2D eigenvalue weighted by atomic mass is 32.1. The fourth-order valence-corrected chi connectivity index (χ4v) is 2.26. The van der Waals surface area contributed by atoms with Crippen molar-refractivity contribution in [3.8, 4) is 0 Å². The minimum Gasteiger partial charge on any atom is -0.394 e. The maximum atomic E-state index is 9.25. The lowest BCUT2D eigenvalue weighted by Gasteiger charge is -2.12. The van der Waals surface area contributed by atoms with E-state index in [1.807, 2.05) is 0 Å². The molecule has 74 valence electrons. The van der Waals surface area contributed by atoms with Crippen LogP contribution in [0.2, 0.25) is 0 Å². The molecule has 2 atom stereocenters. The van der Waals surface area contributed by atoms with Crippen LogP contribution in [0.1, 0.15) is 29.0 Å². The normalized spacial score (nSPS) is 15.7. The summed E-state index contributed by atoms with van der Waals surface area (Å²) in [6.45, 7) is 4.00. The molecule has 1 aromatic heterocycles. The molecule has 0 saturated heterocycles. The third-order valence-corrected chi connectivity index (χ3v) is 3.32. The molecule has 0 fully saturated rings. The molecule has 0 bridgehead atoms. The standard InChI is InChI=1S/C10H16O2S/c1-7(5-9(12)6-11)10-4-3-8(2)13-10/h3-4,7,9,11-12H,5-6H2,1-2H3. The van der Waals surface area contributed by atoms with Gasteiger partial charge in [-0.15, -0.1) is 11.3 Å². The summed E-state index contributed by atoms with van der Waals surface area (Å²) in [7, 11) is 0. The Morgan fingerprint density at radius 2 is 2.15 bits per heavy atom. The van der Waals surface area contributed by atoms with Crippen molar-refractivity contribution >= 4 is 11.3 Å². The van der Waals surface area contributed by atoms with Gasteiger partial charge in [0.05, 0.1) is 12.7 Å². The summed E-state index contributed by atoms with van der Waals surface area (Å²) in [4.78, 5) is 2.57. The summed E-state index contributed by atoms with van der Waals surface area (Å²) in [6, 6.07) is 4.18. The molecule has 0 aliphatic heterocycles. The Morgan fingerprint density at radius 1 is 1.46 bits per heavy atom. The van der Waals surface area contributed by atoms with Crippen molar-refractivity contribution in [3.05, 3.63) is 21.9 Å². The van der Waals surface area contributed by atoms with E-state index in [-0.39, 0.29) is 6.61 Å². The molecule has 0 saturated carbocycles. The summed E-state index contributed by atoms with van der Waals surface area (Å²) in [5.41, 5.74) is 0. The predicted molar refractivity (Wildman–Crippen MR) is 55.2 cm³/mol. The second kappa shape index (κ2) is 4.74. The average Bonchev–Trinajstić information content (AvgIpc) is 2.51. The Labute approximate surface area is 82.8 Å². The number of hydrogen-bond acceptors (Lipinski definition) is 3. The SMILES string of the molecule is Cc1ccc(C(C)CC(O)CO)s1. The largest absolute Gasteiger partial charge is 0.394 e. The van der Waals surface area contributed by atoms with Gasteiger partial charge in [-0.05, 0) is 31.4 Å². The van der Waals surface area contributed by atoms with Crippen LogP contribution in [0.25, 0.3) is 0 Å². The van der Waals surface area contributed by atoms with Gasteiger partial charge < -0.3 is 10.2 Å². The van der Waals surface area contributed by atoms with Crippen LogP contribution in [0, 0.1) is 6.92 Å². The van der Waals surface area contributed by atoms with Crippen LogP contribution in [0.5, 0.6) is 0 Å². The molecule has 13 heavy (non-hydrogen) atoms. The van der Waals surface area contributed by atoms with E-state index in [0.29, 0.717) is 12.3 Å². The molecule has 3 heteroatoms. The summed E-state index contributed by atoms with van der Waals surface area (Å²) >= 11 is 1.76. The monoisotopic (exact) mass is 200 g/mol. The van der Waals surface area contributed by atoms with Gasteiger partial charge in [-0.25, -0.2) is 0 Å². The van der Waals surface area contributed by atoms with E-state index in [9.17, 15) is 5.11 Å². The molecule has 2 nitrogen and oxygen atoms in total. The molecule has 0 radical (unpaired) electrons. The van der Waals surface area contributed by atoms with Gasteiger partial charge in [-0.3, -0.25) is 0 Å². The van der Waals surface area contributed by atoms with Gasteiger partial charge in [0.2, 0.25) is 0 Å². The summed E-state index contributed by atoms with van der Waals surface area (Å²) in [5, 5.41) is 17.9. The molecule has 0 aromatic carbocycles. The zero-order valence-electron chi connectivity index (χ0n) is 8.03. The van der Waals surface area contributed by atoms with Crippen molar-refractivity contribution in [2.45, 2.75) is 32.3 Å². The van der Waals surface area contributed by atoms with Crippen molar-refractivity contribution in [2.75, 3.05) is 6.61 Å². The molecule has 2 N–H and O–H groups in total. The van der Waals surface area contributed by atoms with Crippen molar-refractivity contribution in [2.24, 2.45) is 0 Å². The summed E-state index contributed by atoms with van der Waals surface area (Å²) in [6.07, 6.45) is 0.0496. The Kier molecular flexibility index (Phi) is 3.90. The topological polar surface area (TPSA) is 40.5 Å². The lowest BCUT2D eigenvalue weighted by molar-refractivity contribution is 0.0838. The van der Waals surface area contributed by atoms with E-state index in [2.05, 4.69) is 26.0 Å². The van der Waals surface area contributed by atoms with Crippen molar-refractivity contribution < 1.29 is 10.2 Å². The van der Waals surface area contributed by atoms with Gasteiger partial charge in [0.15, 0.2) is 0 Å². The fraction of sp³-hybridized carbons (Fsp3) is 0.600. The third kappa shape index (κ3) is 3.10. The molecule has 1 heterocycles. The number of aryl methyl sites for hydroxylation is 1. The molecule has 0 amide bonds. The van der Waals surface area contributed by atoms with Crippen molar-refractivity contribution in [1.29, 1.82) is 0 Å². The number of hydrogen-bond donors (Lipinski definition) is 2. The third-order valence-electron chi connectivity index (χ3n) is 2.08. The van der Waals surface area contributed by atoms with Gasteiger partial charge in [0.25, 0.3) is 0 Å². The molecule has 0 spiro atoms. The number of thiophene rings is 1. The van der Waals surface area contributed by atoms with E-state index in [0.717, 1.165) is 0 Å². The van der Waals surface area contributed by atoms with E-state index in [4.69, 9.17) is 5.11 Å². The highest BCUT2D eigenvalue weighted by molar-refractivity contribution is 7.12. The lowest BCUT2D eigenvalue weighted by Crippen LogP contribution is -2.14. The Balaban J connectivity index is 2.53. The summed E-state index contributed by atoms with van der Waals surface area (Å²) in [5.74, 6) is 0.334. The van der Waals surface area contributed by atoms with E-state index < -0.39 is 6.10 Å². The van der Waals surface area contributed by atoms with Gasteiger partial charge in [0, 0.05) is 9.75 Å². The lowest BCUT2D eigenvalue weighted by atomic mass is 10.0. The maximum Gasteiger partial charge on any atom is 0.0776 e. The Morgan fingerprint density at radius 3 is 2.62 bits per heavy atom. The molecular weight excluding hydrogens is 184 g/mol. The minimum atomic E-state index is -0.586. The van der Waals surface area contributed by atoms with E-state index >= 15 is 0 Å². The van der Waals surface area contributed by atoms with Crippen LogP contribution in [0.15, 0.2) is 12.1 Å². The molecule has 0 aliphatic rings. The Hall–Kier alpha value is -0.380. The van der Waals surface area contributed by atoms with Crippen LogP contribution < -0.4 is 0 Å². The van der Waals surface area contributed by atoms with Crippen molar-refractivity contribution in [3.63, 3.8) is 0 Å². The van der Waals surface area contributed by atoms with Crippen LogP contribution >= 0.6 is 11.3 Å². The van der Waals surface area contributed by atoms with Crippen LogP contribution in [0.3, 0.4) is 0 Å². The highest BCUT2D eigenvalue weighted by Gasteiger charge is 2.12. The van der Waals surface area contributed by atoms with E-state index in [1.54, 1.807) is 11.3 Å². The molecule has 1 aromatic rings. The first-order chi connectivity index (χ1) is 6.13.